The minimum Gasteiger partial charge on any atom is -0.481 e. The summed E-state index contributed by atoms with van der Waals surface area (Å²) in [5, 5.41) is 10.7. The Morgan fingerprint density at radius 1 is 1.09 bits per heavy atom. The molecular formula is C17H19NO3S. The van der Waals surface area contributed by atoms with E-state index < -0.39 is 5.97 Å². The summed E-state index contributed by atoms with van der Waals surface area (Å²) in [6, 6.07) is 13.6. The van der Waals surface area contributed by atoms with E-state index in [1.54, 1.807) is 16.2 Å². The van der Waals surface area contributed by atoms with Gasteiger partial charge in [0.1, 0.15) is 0 Å². The smallest absolute Gasteiger partial charge is 0.303 e. The number of carboxylic acid groups (broad SMARTS) is 1. The summed E-state index contributed by atoms with van der Waals surface area (Å²) in [6.45, 7) is 0.982. The summed E-state index contributed by atoms with van der Waals surface area (Å²) in [5.41, 5.74) is 1.05. The van der Waals surface area contributed by atoms with Crippen molar-refractivity contribution in [2.24, 2.45) is 0 Å². The molecule has 2 rings (SSSR count). The standard InChI is InChI=1S/C17H19NO3S/c19-16(12-15-8-5-11-22-15)18(10-4-9-17(20)21)13-14-6-2-1-3-7-14/h1-3,5-8,11H,4,9-10,12-13H2,(H,20,21). The SMILES string of the molecule is O=C(O)CCCN(Cc1ccccc1)C(=O)Cc1cccs1. The molecule has 4 nitrogen and oxygen atoms in total. The van der Waals surface area contributed by atoms with Crippen LogP contribution in [0, 0.1) is 0 Å². The Morgan fingerprint density at radius 2 is 1.86 bits per heavy atom. The van der Waals surface area contributed by atoms with Gasteiger partial charge < -0.3 is 10.0 Å². The van der Waals surface area contributed by atoms with Gasteiger partial charge in [0.2, 0.25) is 5.91 Å². The monoisotopic (exact) mass is 317 g/mol. The molecule has 0 aliphatic heterocycles. The molecule has 116 valence electrons. The van der Waals surface area contributed by atoms with Crippen molar-refractivity contribution in [3.05, 3.63) is 58.3 Å². The summed E-state index contributed by atoms with van der Waals surface area (Å²) in [4.78, 5) is 25.9. The third-order valence-electron chi connectivity index (χ3n) is 3.29. The average Bonchev–Trinajstić information content (AvgIpc) is 3.00. The molecule has 1 heterocycles. The molecule has 1 aromatic carbocycles. The number of nitrogens with zero attached hydrogens (tertiary/aromatic N) is 1. The van der Waals surface area contributed by atoms with E-state index in [0.29, 0.717) is 25.9 Å². The normalized spacial score (nSPS) is 10.4. The Morgan fingerprint density at radius 3 is 2.50 bits per heavy atom. The number of carbonyl (C=O) groups is 2. The van der Waals surface area contributed by atoms with Crippen molar-refractivity contribution < 1.29 is 14.7 Å². The van der Waals surface area contributed by atoms with E-state index in [-0.39, 0.29) is 12.3 Å². The molecule has 0 saturated heterocycles. The van der Waals surface area contributed by atoms with Crippen LogP contribution in [0.5, 0.6) is 0 Å². The molecule has 2 aromatic rings. The molecule has 5 heteroatoms. The van der Waals surface area contributed by atoms with Crippen molar-refractivity contribution in [3.8, 4) is 0 Å². The van der Waals surface area contributed by atoms with Crippen LogP contribution in [0.1, 0.15) is 23.3 Å². The number of hydrogen-bond donors (Lipinski definition) is 1. The molecule has 0 bridgehead atoms. The van der Waals surface area contributed by atoms with Crippen molar-refractivity contribution in [1.29, 1.82) is 0 Å². The highest BCUT2D eigenvalue weighted by molar-refractivity contribution is 7.10. The average molecular weight is 317 g/mol. The lowest BCUT2D eigenvalue weighted by Crippen LogP contribution is -2.32. The van der Waals surface area contributed by atoms with Crippen LogP contribution in [-0.4, -0.2) is 28.4 Å². The van der Waals surface area contributed by atoms with E-state index in [4.69, 9.17) is 5.11 Å². The predicted molar refractivity (Wildman–Crippen MR) is 86.8 cm³/mol. The number of thiophene rings is 1. The van der Waals surface area contributed by atoms with E-state index in [0.717, 1.165) is 10.4 Å². The van der Waals surface area contributed by atoms with Gasteiger partial charge in [0.15, 0.2) is 0 Å². The highest BCUT2D eigenvalue weighted by Crippen LogP contribution is 2.13. The van der Waals surface area contributed by atoms with E-state index >= 15 is 0 Å². The molecule has 0 aliphatic rings. The van der Waals surface area contributed by atoms with Crippen molar-refractivity contribution in [1.82, 2.24) is 4.90 Å². The second kappa shape index (κ2) is 8.34. The highest BCUT2D eigenvalue weighted by atomic mass is 32.1. The van der Waals surface area contributed by atoms with Crippen LogP contribution < -0.4 is 0 Å². The second-order valence-corrected chi connectivity index (χ2v) is 6.09. The highest BCUT2D eigenvalue weighted by Gasteiger charge is 2.15. The first-order valence-electron chi connectivity index (χ1n) is 7.21. The number of carboxylic acids is 1. The summed E-state index contributed by atoms with van der Waals surface area (Å²) in [5.74, 6) is -0.790. The van der Waals surface area contributed by atoms with E-state index in [2.05, 4.69) is 0 Å². The Labute approximate surface area is 134 Å². The minimum absolute atomic E-state index is 0.0386. The first kappa shape index (κ1) is 16.2. The maximum Gasteiger partial charge on any atom is 0.303 e. The zero-order valence-corrected chi connectivity index (χ0v) is 13.1. The molecule has 0 saturated carbocycles. The Bertz CT molecular complexity index is 596. The first-order chi connectivity index (χ1) is 10.6. The third kappa shape index (κ3) is 5.33. The molecule has 1 aromatic heterocycles. The van der Waals surface area contributed by atoms with Gasteiger partial charge in [-0.05, 0) is 23.4 Å². The zero-order valence-electron chi connectivity index (χ0n) is 12.3. The largest absolute Gasteiger partial charge is 0.481 e. The molecule has 1 amide bonds. The minimum atomic E-state index is -0.828. The lowest BCUT2D eigenvalue weighted by Gasteiger charge is -2.22. The lowest BCUT2D eigenvalue weighted by molar-refractivity contribution is -0.138. The molecule has 22 heavy (non-hydrogen) atoms. The summed E-state index contributed by atoms with van der Waals surface area (Å²) in [7, 11) is 0. The van der Waals surface area contributed by atoms with Gasteiger partial charge >= 0.3 is 5.97 Å². The fourth-order valence-corrected chi connectivity index (χ4v) is 2.89. The van der Waals surface area contributed by atoms with E-state index in [1.807, 2.05) is 47.8 Å². The van der Waals surface area contributed by atoms with Crippen LogP contribution in [0.15, 0.2) is 47.8 Å². The van der Waals surface area contributed by atoms with Gasteiger partial charge in [-0.1, -0.05) is 36.4 Å². The van der Waals surface area contributed by atoms with Crippen molar-refractivity contribution in [2.45, 2.75) is 25.8 Å². The van der Waals surface area contributed by atoms with Crippen LogP contribution in [0.4, 0.5) is 0 Å². The number of rotatable bonds is 8. The lowest BCUT2D eigenvalue weighted by atomic mass is 10.2. The van der Waals surface area contributed by atoms with Gasteiger partial charge in [-0.25, -0.2) is 0 Å². The Hall–Kier alpha value is -2.14. The van der Waals surface area contributed by atoms with E-state index in [9.17, 15) is 9.59 Å². The van der Waals surface area contributed by atoms with Gasteiger partial charge in [0, 0.05) is 24.4 Å². The van der Waals surface area contributed by atoms with Crippen molar-refractivity contribution in [2.75, 3.05) is 6.54 Å². The summed E-state index contributed by atoms with van der Waals surface area (Å²) >= 11 is 1.56. The van der Waals surface area contributed by atoms with Crippen LogP contribution in [0.25, 0.3) is 0 Å². The second-order valence-electron chi connectivity index (χ2n) is 5.05. The molecule has 0 unspecified atom stereocenters. The van der Waals surface area contributed by atoms with Gasteiger partial charge in [-0.15, -0.1) is 11.3 Å². The maximum atomic E-state index is 12.5. The van der Waals surface area contributed by atoms with Crippen LogP contribution in [-0.2, 0) is 22.6 Å². The summed E-state index contributed by atoms with van der Waals surface area (Å²) < 4.78 is 0. The van der Waals surface area contributed by atoms with Crippen LogP contribution in [0.2, 0.25) is 0 Å². The number of carbonyl (C=O) groups excluding carboxylic acids is 1. The maximum absolute atomic E-state index is 12.5. The molecular weight excluding hydrogens is 298 g/mol. The van der Waals surface area contributed by atoms with Gasteiger partial charge in [-0.2, -0.15) is 0 Å². The topological polar surface area (TPSA) is 57.6 Å². The van der Waals surface area contributed by atoms with Crippen molar-refractivity contribution >= 4 is 23.2 Å². The Balaban J connectivity index is 1.99. The molecule has 0 atom stereocenters. The molecule has 1 N–H and O–H groups in total. The van der Waals surface area contributed by atoms with E-state index in [1.165, 1.54) is 0 Å². The zero-order chi connectivity index (χ0) is 15.8. The fraction of sp³-hybridized carbons (Fsp3) is 0.294. The van der Waals surface area contributed by atoms with Crippen molar-refractivity contribution in [3.63, 3.8) is 0 Å². The predicted octanol–water partition coefficient (Wildman–Crippen LogP) is 3.18. The van der Waals surface area contributed by atoms with Gasteiger partial charge in [0.05, 0.1) is 6.42 Å². The first-order valence-corrected chi connectivity index (χ1v) is 8.09. The quantitative estimate of drug-likeness (QED) is 0.813. The molecule has 0 spiro atoms. The third-order valence-corrected chi connectivity index (χ3v) is 4.17. The number of benzene rings is 1. The van der Waals surface area contributed by atoms with Crippen LogP contribution >= 0.6 is 11.3 Å². The fourth-order valence-electron chi connectivity index (χ4n) is 2.19. The number of hydrogen-bond acceptors (Lipinski definition) is 3. The molecule has 0 radical (unpaired) electrons. The summed E-state index contributed by atoms with van der Waals surface area (Å²) in [6.07, 6.45) is 0.924. The van der Waals surface area contributed by atoms with Gasteiger partial charge in [-0.3, -0.25) is 9.59 Å². The Kier molecular flexibility index (Phi) is 6.15. The van der Waals surface area contributed by atoms with Gasteiger partial charge in [0.25, 0.3) is 0 Å². The molecule has 0 fully saturated rings. The number of amides is 1. The number of aliphatic carboxylic acids is 1. The molecule has 0 aliphatic carbocycles. The van der Waals surface area contributed by atoms with Crippen LogP contribution in [0.3, 0.4) is 0 Å².